The molecule has 1 N–H and O–H groups in total. The molecule has 0 aliphatic heterocycles. The van der Waals surface area contributed by atoms with Crippen molar-refractivity contribution in [3.8, 4) is 0 Å². The first-order valence-corrected chi connectivity index (χ1v) is 7.38. The number of ether oxygens (including phenoxy) is 1. The van der Waals surface area contributed by atoms with Crippen LogP contribution in [0.2, 0.25) is 0 Å². The fourth-order valence-corrected chi connectivity index (χ4v) is 1.60. The Morgan fingerprint density at radius 3 is 2.30 bits per heavy atom. The summed E-state index contributed by atoms with van der Waals surface area (Å²) in [6.07, 6.45) is 0. The Morgan fingerprint density at radius 1 is 1.09 bits per heavy atom. The molecule has 1 aromatic carbocycles. The van der Waals surface area contributed by atoms with Crippen molar-refractivity contribution in [3.05, 3.63) is 35.9 Å². The van der Waals surface area contributed by atoms with Crippen LogP contribution in [0.4, 0.5) is 0 Å². The van der Waals surface area contributed by atoms with Crippen molar-refractivity contribution in [2.75, 3.05) is 13.7 Å². The molecule has 0 fully saturated rings. The minimum Gasteiger partial charge on any atom is -0.741 e. The van der Waals surface area contributed by atoms with Crippen LogP contribution in [-0.2, 0) is 47.1 Å². The first-order valence-electron chi connectivity index (χ1n) is 6.56. The number of hydrogen-bond acceptors (Lipinski definition) is 7. The zero-order chi connectivity index (χ0) is 16.4. The van der Waals surface area contributed by atoms with E-state index in [-0.39, 0.29) is 27.5 Å². The summed E-state index contributed by atoms with van der Waals surface area (Å²) in [4.78, 5) is 0. The summed E-state index contributed by atoms with van der Waals surface area (Å²) in [6, 6.07) is 9.51. The second-order valence-corrected chi connectivity index (χ2v) is 4.69. The topological polar surface area (TPSA) is 70.7 Å². The summed E-state index contributed by atoms with van der Waals surface area (Å²) in [5.74, 6) is 0. The third kappa shape index (κ3) is 8.03. The van der Waals surface area contributed by atoms with Crippen molar-refractivity contribution in [3.63, 3.8) is 0 Å². The van der Waals surface area contributed by atoms with Gasteiger partial charge in [0.15, 0.2) is 0 Å². The van der Waals surface area contributed by atoms with Crippen molar-refractivity contribution in [1.82, 2.24) is 5.32 Å². The summed E-state index contributed by atoms with van der Waals surface area (Å²) in [6.45, 7) is 4.04. The molecule has 0 bridgehead atoms. The van der Waals surface area contributed by atoms with Crippen LogP contribution in [0.5, 0.6) is 0 Å². The molecule has 0 unspecified atom stereocenters. The van der Waals surface area contributed by atoms with Gasteiger partial charge in [-0.25, -0.2) is 0 Å². The zero-order valence-electron chi connectivity index (χ0n) is 12.9. The van der Waals surface area contributed by atoms with Crippen LogP contribution in [0.1, 0.15) is 19.4 Å². The molecule has 1 radical (unpaired) electrons. The van der Waals surface area contributed by atoms with Gasteiger partial charge < -0.3 is 35.3 Å². The number of nitrogens with one attached hydrogen (secondary N) is 1. The maximum absolute atomic E-state index is 5.06. The first-order chi connectivity index (χ1) is 10.6. The van der Waals surface area contributed by atoms with E-state index >= 15 is 0 Å². The molecule has 0 saturated carbocycles. The summed E-state index contributed by atoms with van der Waals surface area (Å²) in [5, 5.41) is 19.0. The maximum Gasteiger partial charge on any atom is 2.00 e. The molecule has 6 nitrogen and oxygen atoms in total. The van der Waals surface area contributed by atoms with Gasteiger partial charge in [-0.1, -0.05) is 30.3 Å². The minimum absolute atomic E-state index is 0. The van der Waals surface area contributed by atoms with E-state index in [0.29, 0.717) is 18.0 Å². The van der Waals surface area contributed by atoms with Gasteiger partial charge in [0.1, 0.15) is 5.71 Å². The maximum atomic E-state index is 5.06. The summed E-state index contributed by atoms with van der Waals surface area (Å²) in [7, 11) is 1.68. The number of benzene rings is 1. The second-order valence-electron chi connectivity index (χ2n) is 3.95. The van der Waals surface area contributed by atoms with Gasteiger partial charge in [0.25, 0.3) is 0 Å². The normalized spacial score (nSPS) is 13.3. The Bertz CT molecular complexity index is 602. The Balaban J connectivity index is 0.00000484. The molecule has 9 heteroatoms. The molecule has 0 heterocycles. The molecule has 0 atom stereocenters. The average Bonchev–Trinajstić information content (AvgIpc) is 2.54. The van der Waals surface area contributed by atoms with Crippen molar-refractivity contribution < 1.29 is 21.8 Å². The minimum atomic E-state index is 0. The SMILES string of the molecule is CCOC([S-])=NN=C(C)C(=NN=C([S-])NC)c1ccccc1.[Cu+2]. The van der Waals surface area contributed by atoms with E-state index in [1.165, 1.54) is 0 Å². The predicted octanol–water partition coefficient (Wildman–Crippen LogP) is 1.83. The average molecular weight is 399 g/mol. The Morgan fingerprint density at radius 2 is 1.74 bits per heavy atom. The third-order valence-electron chi connectivity index (χ3n) is 2.39. The molecule has 127 valence electrons. The van der Waals surface area contributed by atoms with Crippen molar-refractivity contribution in [2.24, 2.45) is 20.4 Å². The summed E-state index contributed by atoms with van der Waals surface area (Å²) in [5.41, 5.74) is 1.96. The van der Waals surface area contributed by atoms with Crippen LogP contribution in [-0.4, -0.2) is 35.5 Å². The second kappa shape index (κ2) is 12.0. The van der Waals surface area contributed by atoms with Gasteiger partial charge in [-0.15, -0.1) is 10.2 Å². The molecule has 0 aliphatic rings. The number of rotatable bonds is 5. The molecule has 0 amide bonds. The van der Waals surface area contributed by atoms with E-state index in [4.69, 9.17) is 30.0 Å². The van der Waals surface area contributed by atoms with Crippen molar-refractivity contribution in [2.45, 2.75) is 13.8 Å². The van der Waals surface area contributed by atoms with Gasteiger partial charge >= 0.3 is 17.1 Å². The Hall–Kier alpha value is -1.54. The molecule has 0 aliphatic carbocycles. The molecule has 0 saturated heterocycles. The van der Waals surface area contributed by atoms with Crippen LogP contribution in [0.3, 0.4) is 0 Å². The molecule has 0 spiro atoms. The van der Waals surface area contributed by atoms with Crippen molar-refractivity contribution in [1.29, 1.82) is 0 Å². The molecule has 0 aromatic heterocycles. The summed E-state index contributed by atoms with van der Waals surface area (Å²) < 4.78 is 5.06. The molecular formula is C14H17CuN5OS2. The molecule has 1 rings (SSSR count). The van der Waals surface area contributed by atoms with E-state index in [9.17, 15) is 0 Å². The van der Waals surface area contributed by atoms with Gasteiger partial charge in [-0.05, 0) is 19.0 Å². The predicted molar refractivity (Wildman–Crippen MR) is 96.4 cm³/mol. The smallest absolute Gasteiger partial charge is 0.741 e. The van der Waals surface area contributed by atoms with Gasteiger partial charge in [0, 0.05) is 12.6 Å². The van der Waals surface area contributed by atoms with E-state index < -0.39 is 0 Å². The van der Waals surface area contributed by atoms with Crippen molar-refractivity contribution >= 4 is 47.1 Å². The largest absolute Gasteiger partial charge is 2.00 e. The molecule has 1 aromatic rings. The Kier molecular flexibility index (Phi) is 11.2. The summed E-state index contributed by atoms with van der Waals surface area (Å²) >= 11 is 9.87. The van der Waals surface area contributed by atoms with Crippen LogP contribution in [0.15, 0.2) is 50.7 Å². The van der Waals surface area contributed by atoms with E-state index in [2.05, 4.69) is 25.7 Å². The monoisotopic (exact) mass is 398 g/mol. The van der Waals surface area contributed by atoms with E-state index in [0.717, 1.165) is 5.56 Å². The Labute approximate surface area is 157 Å². The van der Waals surface area contributed by atoms with Gasteiger partial charge in [-0.3, -0.25) is 0 Å². The quantitative estimate of drug-likeness (QED) is 0.270. The third-order valence-corrected chi connectivity index (χ3v) is 2.88. The zero-order valence-corrected chi connectivity index (χ0v) is 15.5. The van der Waals surface area contributed by atoms with E-state index in [1.807, 2.05) is 37.3 Å². The fourth-order valence-electron chi connectivity index (χ4n) is 1.40. The van der Waals surface area contributed by atoms with E-state index in [1.54, 1.807) is 14.0 Å². The fraction of sp³-hybridized carbons (Fsp3) is 0.286. The first kappa shape index (κ1) is 21.5. The van der Waals surface area contributed by atoms with Gasteiger partial charge in [0.05, 0.1) is 17.5 Å². The van der Waals surface area contributed by atoms with Crippen LogP contribution < -0.4 is 5.32 Å². The van der Waals surface area contributed by atoms with Gasteiger partial charge in [-0.2, -0.15) is 10.2 Å². The number of amidine groups is 1. The number of hydrogen-bond donors (Lipinski definition) is 1. The van der Waals surface area contributed by atoms with Crippen LogP contribution >= 0.6 is 0 Å². The standard InChI is InChI=1S/C14H19N5OS2.Cu/c1-4-20-14(22)19-16-10(2)12(17-18-13(21)15-3)11-8-6-5-7-9-11;/h5-9H,4H2,1-3H3,(H,19,22)(H2,15,18,21);/q;+2/p-2. The van der Waals surface area contributed by atoms with Crippen LogP contribution in [0, 0.1) is 0 Å². The van der Waals surface area contributed by atoms with Crippen LogP contribution in [0.25, 0.3) is 0 Å². The molecular weight excluding hydrogens is 382 g/mol. The number of nitrogens with zero attached hydrogens (tertiary/aromatic N) is 4. The van der Waals surface area contributed by atoms with Gasteiger partial charge in [0.2, 0.25) is 0 Å². The molecule has 23 heavy (non-hydrogen) atoms.